The highest BCUT2D eigenvalue weighted by Crippen LogP contribution is 2.16. The second-order valence-electron chi connectivity index (χ2n) is 2.48. The molecule has 68 valence electrons. The lowest BCUT2D eigenvalue weighted by molar-refractivity contribution is -0.157. The van der Waals surface area contributed by atoms with E-state index in [0.29, 0.717) is 5.76 Å². The molecule has 1 aliphatic heterocycles. The summed E-state index contributed by atoms with van der Waals surface area (Å²) in [6.07, 6.45) is 0.546. The van der Waals surface area contributed by atoms with Crippen molar-refractivity contribution in [3.05, 3.63) is 11.8 Å². The lowest BCUT2D eigenvalue weighted by Crippen LogP contribution is -2.34. The summed E-state index contributed by atoms with van der Waals surface area (Å²) >= 11 is 0. The molecule has 4 nitrogen and oxygen atoms in total. The summed E-state index contributed by atoms with van der Waals surface area (Å²) in [6.45, 7) is 1.67. The van der Waals surface area contributed by atoms with Gasteiger partial charge < -0.3 is 14.2 Å². The summed E-state index contributed by atoms with van der Waals surface area (Å²) in [4.78, 5) is 11.2. The van der Waals surface area contributed by atoms with Gasteiger partial charge in [0.05, 0.1) is 7.11 Å². The van der Waals surface area contributed by atoms with Crippen LogP contribution in [0.1, 0.15) is 6.92 Å². The molecule has 1 heterocycles. The Morgan fingerprint density at radius 3 is 2.67 bits per heavy atom. The SMILES string of the molecule is COC1=C[C@@H](OC)O[C@H](C)C1=O. The van der Waals surface area contributed by atoms with Crippen LogP contribution >= 0.6 is 0 Å². The van der Waals surface area contributed by atoms with Gasteiger partial charge in [0.15, 0.2) is 12.0 Å². The third-order valence-corrected chi connectivity index (χ3v) is 1.69. The van der Waals surface area contributed by atoms with Gasteiger partial charge in [0.2, 0.25) is 5.78 Å². The quantitative estimate of drug-likeness (QED) is 0.607. The molecule has 1 rings (SSSR count). The predicted molar refractivity (Wildman–Crippen MR) is 41.4 cm³/mol. The molecule has 0 aromatic heterocycles. The van der Waals surface area contributed by atoms with E-state index in [1.807, 2.05) is 0 Å². The molecule has 0 unspecified atom stereocenters. The van der Waals surface area contributed by atoms with E-state index >= 15 is 0 Å². The average molecular weight is 172 g/mol. The first kappa shape index (κ1) is 9.22. The van der Waals surface area contributed by atoms with Crippen LogP contribution in [0.2, 0.25) is 0 Å². The highest BCUT2D eigenvalue weighted by Gasteiger charge is 2.28. The van der Waals surface area contributed by atoms with Crippen LogP contribution in [0.25, 0.3) is 0 Å². The summed E-state index contributed by atoms with van der Waals surface area (Å²) < 4.78 is 14.9. The minimum absolute atomic E-state index is 0.147. The fraction of sp³-hybridized carbons (Fsp3) is 0.625. The summed E-state index contributed by atoms with van der Waals surface area (Å²) in [5, 5.41) is 0. The largest absolute Gasteiger partial charge is 0.493 e. The Balaban J connectivity index is 2.79. The lowest BCUT2D eigenvalue weighted by Gasteiger charge is -2.23. The van der Waals surface area contributed by atoms with Gasteiger partial charge in [-0.05, 0) is 6.92 Å². The molecule has 2 atom stereocenters. The van der Waals surface area contributed by atoms with Crippen LogP contribution in [0.15, 0.2) is 11.8 Å². The Morgan fingerprint density at radius 2 is 2.17 bits per heavy atom. The van der Waals surface area contributed by atoms with Crippen LogP contribution in [0, 0.1) is 0 Å². The van der Waals surface area contributed by atoms with Gasteiger partial charge >= 0.3 is 0 Å². The first-order valence-corrected chi connectivity index (χ1v) is 3.67. The van der Waals surface area contributed by atoms with Crippen LogP contribution in [0.5, 0.6) is 0 Å². The van der Waals surface area contributed by atoms with Crippen LogP contribution in [-0.2, 0) is 19.0 Å². The maximum absolute atomic E-state index is 11.2. The third-order valence-electron chi connectivity index (χ3n) is 1.69. The Kier molecular flexibility index (Phi) is 2.83. The lowest BCUT2D eigenvalue weighted by atomic mass is 10.1. The summed E-state index contributed by atoms with van der Waals surface area (Å²) in [5.74, 6) is 0.159. The average Bonchev–Trinajstić information content (AvgIpc) is 2.09. The van der Waals surface area contributed by atoms with Gasteiger partial charge in [-0.15, -0.1) is 0 Å². The molecule has 4 heteroatoms. The number of hydrogen-bond donors (Lipinski definition) is 0. The standard InChI is InChI=1S/C8H12O4/c1-5-8(9)6(10-2)4-7(11-3)12-5/h4-5,7H,1-3H3/t5-,7+/m1/s1. The number of ether oxygens (including phenoxy) is 3. The van der Waals surface area contributed by atoms with E-state index in [9.17, 15) is 4.79 Å². The molecular formula is C8H12O4. The van der Waals surface area contributed by atoms with Crippen LogP contribution in [-0.4, -0.2) is 32.4 Å². The van der Waals surface area contributed by atoms with Crippen molar-refractivity contribution in [2.24, 2.45) is 0 Å². The van der Waals surface area contributed by atoms with Crippen molar-refractivity contribution in [3.8, 4) is 0 Å². The Labute approximate surface area is 71.1 Å². The van der Waals surface area contributed by atoms with Crippen molar-refractivity contribution in [2.75, 3.05) is 14.2 Å². The minimum Gasteiger partial charge on any atom is -0.493 e. The second-order valence-corrected chi connectivity index (χ2v) is 2.48. The van der Waals surface area contributed by atoms with Crippen molar-refractivity contribution in [3.63, 3.8) is 0 Å². The van der Waals surface area contributed by atoms with Gasteiger partial charge in [-0.3, -0.25) is 4.79 Å². The molecule has 0 aromatic rings. The zero-order chi connectivity index (χ0) is 9.14. The molecule has 0 aromatic carbocycles. The van der Waals surface area contributed by atoms with Crippen LogP contribution < -0.4 is 0 Å². The van der Waals surface area contributed by atoms with Crippen molar-refractivity contribution in [1.29, 1.82) is 0 Å². The first-order valence-electron chi connectivity index (χ1n) is 3.67. The van der Waals surface area contributed by atoms with E-state index in [-0.39, 0.29) is 5.78 Å². The Morgan fingerprint density at radius 1 is 1.50 bits per heavy atom. The fourth-order valence-corrected chi connectivity index (χ4v) is 1.00. The number of carbonyl (C=O) groups excluding carboxylic acids is 1. The molecule has 12 heavy (non-hydrogen) atoms. The van der Waals surface area contributed by atoms with Gasteiger partial charge in [-0.1, -0.05) is 0 Å². The number of hydrogen-bond acceptors (Lipinski definition) is 4. The van der Waals surface area contributed by atoms with Crippen LogP contribution in [0.4, 0.5) is 0 Å². The van der Waals surface area contributed by atoms with Gasteiger partial charge in [0.1, 0.15) is 6.10 Å². The maximum Gasteiger partial charge on any atom is 0.225 e. The number of Topliss-reactive ketones (excluding diaryl/α,β-unsaturated/α-hetero) is 1. The summed E-state index contributed by atoms with van der Waals surface area (Å²) in [6, 6.07) is 0. The maximum atomic E-state index is 11.2. The van der Waals surface area contributed by atoms with Crippen molar-refractivity contribution < 1.29 is 19.0 Å². The Bertz CT molecular complexity index is 209. The third kappa shape index (κ3) is 1.65. The second kappa shape index (κ2) is 3.69. The van der Waals surface area contributed by atoms with Gasteiger partial charge in [0.25, 0.3) is 0 Å². The molecule has 0 amide bonds. The molecule has 0 aliphatic carbocycles. The number of carbonyl (C=O) groups is 1. The van der Waals surface area contributed by atoms with Crippen molar-refractivity contribution in [1.82, 2.24) is 0 Å². The van der Waals surface area contributed by atoms with E-state index in [0.717, 1.165) is 0 Å². The molecule has 0 fully saturated rings. The summed E-state index contributed by atoms with van der Waals surface area (Å²) in [5.41, 5.74) is 0. The van der Waals surface area contributed by atoms with Crippen molar-refractivity contribution in [2.45, 2.75) is 19.3 Å². The molecule has 1 aliphatic rings. The van der Waals surface area contributed by atoms with E-state index in [1.54, 1.807) is 6.92 Å². The van der Waals surface area contributed by atoms with Crippen molar-refractivity contribution >= 4 is 5.78 Å². The predicted octanol–water partition coefficient (Wildman–Crippen LogP) is 0.477. The minimum atomic E-state index is -0.491. The molecule has 0 radical (unpaired) electrons. The van der Waals surface area contributed by atoms with Gasteiger partial charge in [0, 0.05) is 13.2 Å². The monoisotopic (exact) mass is 172 g/mol. The Hall–Kier alpha value is -0.870. The normalized spacial score (nSPS) is 29.9. The van der Waals surface area contributed by atoms with E-state index in [4.69, 9.17) is 14.2 Å². The topological polar surface area (TPSA) is 44.8 Å². The molecule has 0 N–H and O–H groups in total. The zero-order valence-corrected chi connectivity index (χ0v) is 7.37. The summed E-state index contributed by atoms with van der Waals surface area (Å²) in [7, 11) is 2.96. The zero-order valence-electron chi connectivity index (χ0n) is 7.37. The molecule has 0 bridgehead atoms. The fourth-order valence-electron chi connectivity index (χ4n) is 1.00. The highest BCUT2D eigenvalue weighted by molar-refractivity contribution is 5.97. The highest BCUT2D eigenvalue weighted by atomic mass is 16.7. The van der Waals surface area contributed by atoms with E-state index < -0.39 is 12.4 Å². The number of methoxy groups -OCH3 is 2. The van der Waals surface area contributed by atoms with E-state index in [2.05, 4.69) is 0 Å². The van der Waals surface area contributed by atoms with Crippen LogP contribution in [0.3, 0.4) is 0 Å². The smallest absolute Gasteiger partial charge is 0.225 e. The van der Waals surface area contributed by atoms with Gasteiger partial charge in [-0.25, -0.2) is 0 Å². The molecule has 0 spiro atoms. The van der Waals surface area contributed by atoms with E-state index in [1.165, 1.54) is 20.3 Å². The molecule has 0 saturated carbocycles. The number of ketones is 1. The van der Waals surface area contributed by atoms with Gasteiger partial charge in [-0.2, -0.15) is 0 Å². The molecular weight excluding hydrogens is 160 g/mol. The number of rotatable bonds is 2. The molecule has 0 saturated heterocycles. The first-order chi connectivity index (χ1) is 5.69.